The van der Waals surface area contributed by atoms with E-state index in [-0.39, 0.29) is 23.6 Å². The zero-order valence-electron chi connectivity index (χ0n) is 19.4. The summed E-state index contributed by atoms with van der Waals surface area (Å²) >= 11 is 0. The van der Waals surface area contributed by atoms with Crippen LogP contribution in [0.3, 0.4) is 0 Å². The van der Waals surface area contributed by atoms with Crippen molar-refractivity contribution in [2.24, 2.45) is 5.92 Å². The van der Waals surface area contributed by atoms with Crippen LogP contribution in [0.4, 0.5) is 5.69 Å². The highest BCUT2D eigenvalue weighted by Crippen LogP contribution is 2.26. The topological polar surface area (TPSA) is 69.7 Å². The molecule has 2 atom stereocenters. The van der Waals surface area contributed by atoms with Crippen molar-refractivity contribution in [2.45, 2.75) is 53.1 Å². The van der Waals surface area contributed by atoms with Crippen LogP contribution in [0.5, 0.6) is 0 Å². The fourth-order valence-electron chi connectivity index (χ4n) is 4.06. The summed E-state index contributed by atoms with van der Waals surface area (Å²) in [5.74, 6) is -0.371. The van der Waals surface area contributed by atoms with Crippen molar-refractivity contribution in [3.05, 3.63) is 65.2 Å². The maximum atomic E-state index is 13.2. The van der Waals surface area contributed by atoms with Crippen molar-refractivity contribution in [1.29, 1.82) is 0 Å². The van der Waals surface area contributed by atoms with E-state index in [1.165, 1.54) is 0 Å². The van der Waals surface area contributed by atoms with Crippen molar-refractivity contribution in [3.8, 4) is 0 Å². The predicted molar refractivity (Wildman–Crippen MR) is 126 cm³/mol. The number of benzene rings is 2. The highest BCUT2D eigenvalue weighted by molar-refractivity contribution is 5.99. The quantitative estimate of drug-likeness (QED) is 0.712. The number of hydrogen-bond acceptors (Lipinski definition) is 3. The monoisotopic (exact) mass is 435 g/mol. The summed E-state index contributed by atoms with van der Waals surface area (Å²) in [6, 6.07) is 14.3. The molecule has 6 heteroatoms. The van der Waals surface area contributed by atoms with Gasteiger partial charge in [0, 0.05) is 43.2 Å². The smallest absolute Gasteiger partial charge is 0.253 e. The number of carbonyl (C=O) groups excluding carboxylic acids is 3. The van der Waals surface area contributed by atoms with Crippen LogP contribution in [0.2, 0.25) is 0 Å². The fraction of sp³-hybridized carbons (Fsp3) is 0.423. The second-order valence-corrected chi connectivity index (χ2v) is 8.31. The maximum Gasteiger partial charge on any atom is 0.253 e. The fourth-order valence-corrected chi connectivity index (χ4v) is 4.06. The molecule has 0 saturated heterocycles. The average molecular weight is 436 g/mol. The molecular formula is C26H33N3O3. The molecule has 0 bridgehead atoms. The summed E-state index contributed by atoms with van der Waals surface area (Å²) in [6.07, 6.45) is 1.22. The number of nitrogens with zero attached hydrogens (tertiary/aromatic N) is 2. The normalized spacial score (nSPS) is 16.1. The maximum absolute atomic E-state index is 13.2. The molecule has 1 aliphatic rings. The van der Waals surface area contributed by atoms with Crippen LogP contribution in [0.1, 0.15) is 55.6 Å². The minimum atomic E-state index is -0.566. The molecule has 0 radical (unpaired) electrons. The first-order valence-corrected chi connectivity index (χ1v) is 11.5. The van der Waals surface area contributed by atoms with E-state index in [9.17, 15) is 14.4 Å². The number of amides is 3. The Labute approximate surface area is 190 Å². The lowest BCUT2D eigenvalue weighted by Gasteiger charge is -2.37. The molecule has 0 aromatic heterocycles. The Morgan fingerprint density at radius 2 is 1.62 bits per heavy atom. The number of fused-ring (bicyclic) bond motifs is 1. The molecular weight excluding hydrogens is 402 g/mol. The van der Waals surface area contributed by atoms with E-state index in [2.05, 4.69) is 5.32 Å². The van der Waals surface area contributed by atoms with E-state index in [4.69, 9.17) is 0 Å². The Kier molecular flexibility index (Phi) is 7.67. The Morgan fingerprint density at radius 3 is 2.22 bits per heavy atom. The lowest BCUT2D eigenvalue weighted by molar-refractivity contribution is -0.143. The van der Waals surface area contributed by atoms with Gasteiger partial charge in [0.05, 0.1) is 0 Å². The highest BCUT2D eigenvalue weighted by atomic mass is 16.2. The first-order chi connectivity index (χ1) is 15.4. The first-order valence-electron chi connectivity index (χ1n) is 11.5. The van der Waals surface area contributed by atoms with Crippen LogP contribution >= 0.6 is 0 Å². The third-order valence-electron chi connectivity index (χ3n) is 6.32. The standard InChI is InChI=1S/C26H33N3O3/c1-5-18(4)25(31)29-17-21-11-9-8-10-20(21)16-23(29)24(30)27-22-14-12-19(13-15-22)26(32)28(6-2)7-3/h8-15,18,23H,5-7,16-17H2,1-4H3,(H,27,30)/t18-,23-/m0/s1. The van der Waals surface area contributed by atoms with Crippen LogP contribution in [0.25, 0.3) is 0 Å². The van der Waals surface area contributed by atoms with Gasteiger partial charge in [0.2, 0.25) is 11.8 Å². The van der Waals surface area contributed by atoms with Crippen molar-refractivity contribution in [1.82, 2.24) is 9.80 Å². The van der Waals surface area contributed by atoms with E-state index in [0.717, 1.165) is 17.5 Å². The Balaban J connectivity index is 1.78. The second-order valence-electron chi connectivity index (χ2n) is 8.31. The molecule has 6 nitrogen and oxygen atoms in total. The summed E-state index contributed by atoms with van der Waals surface area (Å²) in [6.45, 7) is 9.53. The Hall–Kier alpha value is -3.15. The van der Waals surface area contributed by atoms with Gasteiger partial charge < -0.3 is 15.1 Å². The largest absolute Gasteiger partial charge is 0.339 e. The molecule has 3 amide bonds. The van der Waals surface area contributed by atoms with Gasteiger partial charge in [0.25, 0.3) is 5.91 Å². The number of rotatable bonds is 7. The minimum Gasteiger partial charge on any atom is -0.339 e. The highest BCUT2D eigenvalue weighted by Gasteiger charge is 2.35. The summed E-state index contributed by atoms with van der Waals surface area (Å²) in [5.41, 5.74) is 3.39. The van der Waals surface area contributed by atoms with E-state index < -0.39 is 6.04 Å². The van der Waals surface area contributed by atoms with Gasteiger partial charge in [-0.2, -0.15) is 0 Å². The van der Waals surface area contributed by atoms with Gasteiger partial charge in [-0.1, -0.05) is 38.1 Å². The number of hydrogen-bond donors (Lipinski definition) is 1. The number of nitrogens with one attached hydrogen (secondary N) is 1. The zero-order valence-corrected chi connectivity index (χ0v) is 19.4. The summed E-state index contributed by atoms with van der Waals surface area (Å²) in [4.78, 5) is 42.3. The molecule has 0 fully saturated rings. The summed E-state index contributed by atoms with van der Waals surface area (Å²) in [5, 5.41) is 2.95. The van der Waals surface area contributed by atoms with Crippen molar-refractivity contribution < 1.29 is 14.4 Å². The molecule has 3 rings (SSSR count). The van der Waals surface area contributed by atoms with Gasteiger partial charge in [-0.3, -0.25) is 14.4 Å². The Bertz CT molecular complexity index is 967. The summed E-state index contributed by atoms with van der Waals surface area (Å²) in [7, 11) is 0. The van der Waals surface area contributed by atoms with Crippen molar-refractivity contribution >= 4 is 23.4 Å². The van der Waals surface area contributed by atoms with Crippen LogP contribution < -0.4 is 5.32 Å². The van der Waals surface area contributed by atoms with Gasteiger partial charge in [0.15, 0.2) is 0 Å². The van der Waals surface area contributed by atoms with Crippen LogP contribution in [-0.4, -0.2) is 46.7 Å². The SMILES string of the molecule is CC[C@H](C)C(=O)N1Cc2ccccc2C[C@H]1C(=O)Nc1ccc(C(=O)N(CC)CC)cc1. The van der Waals surface area contributed by atoms with Gasteiger partial charge in [0.1, 0.15) is 6.04 Å². The average Bonchev–Trinajstić information content (AvgIpc) is 2.83. The van der Waals surface area contributed by atoms with E-state index >= 15 is 0 Å². The first kappa shape index (κ1) is 23.5. The van der Waals surface area contributed by atoms with E-state index in [0.29, 0.717) is 37.3 Å². The molecule has 32 heavy (non-hydrogen) atoms. The molecule has 170 valence electrons. The summed E-state index contributed by atoms with van der Waals surface area (Å²) < 4.78 is 0. The van der Waals surface area contributed by atoms with Gasteiger partial charge in [-0.05, 0) is 55.7 Å². The van der Waals surface area contributed by atoms with E-state index in [1.54, 1.807) is 34.1 Å². The molecule has 0 saturated carbocycles. The van der Waals surface area contributed by atoms with Gasteiger partial charge in [-0.15, -0.1) is 0 Å². The molecule has 1 heterocycles. The van der Waals surface area contributed by atoms with Crippen molar-refractivity contribution in [3.63, 3.8) is 0 Å². The molecule has 2 aromatic carbocycles. The van der Waals surface area contributed by atoms with Crippen molar-refractivity contribution in [2.75, 3.05) is 18.4 Å². The van der Waals surface area contributed by atoms with Gasteiger partial charge in [-0.25, -0.2) is 0 Å². The molecule has 2 aromatic rings. The molecule has 0 spiro atoms. The van der Waals surface area contributed by atoms with Crippen LogP contribution in [-0.2, 0) is 22.6 Å². The number of anilines is 1. The minimum absolute atomic E-state index is 0.00215. The van der Waals surface area contributed by atoms with Crippen LogP contribution in [0, 0.1) is 5.92 Å². The van der Waals surface area contributed by atoms with E-state index in [1.807, 2.05) is 52.0 Å². The lowest BCUT2D eigenvalue weighted by atomic mass is 9.92. The van der Waals surface area contributed by atoms with Crippen LogP contribution in [0.15, 0.2) is 48.5 Å². The predicted octanol–water partition coefficient (Wildman–Crippen LogP) is 4.11. The third-order valence-corrected chi connectivity index (χ3v) is 6.32. The third kappa shape index (κ3) is 5.01. The van der Waals surface area contributed by atoms with Gasteiger partial charge >= 0.3 is 0 Å². The Morgan fingerprint density at radius 1 is 1.00 bits per heavy atom. The second kappa shape index (κ2) is 10.4. The molecule has 1 N–H and O–H groups in total. The molecule has 1 aliphatic heterocycles. The molecule has 0 aliphatic carbocycles. The lowest BCUT2D eigenvalue weighted by Crippen LogP contribution is -2.52. The molecule has 0 unspecified atom stereocenters. The zero-order chi connectivity index (χ0) is 23.3. The number of carbonyl (C=O) groups is 3.